The van der Waals surface area contributed by atoms with E-state index in [1.165, 1.54) is 0 Å². The van der Waals surface area contributed by atoms with Crippen LogP contribution in [0.4, 0.5) is 4.79 Å². The molecule has 0 saturated heterocycles. The maximum absolute atomic E-state index is 11.5. The summed E-state index contributed by atoms with van der Waals surface area (Å²) in [5, 5.41) is 14.1. The van der Waals surface area contributed by atoms with Gasteiger partial charge in [-0.1, -0.05) is 42.5 Å². The van der Waals surface area contributed by atoms with Crippen LogP contribution in [0.3, 0.4) is 0 Å². The molecule has 0 aliphatic heterocycles. The van der Waals surface area contributed by atoms with Gasteiger partial charge in [-0.05, 0) is 25.3 Å². The normalized spacial score (nSPS) is 11.4. The monoisotopic (exact) mass is 276 g/mol. The van der Waals surface area contributed by atoms with Gasteiger partial charge < -0.3 is 15.7 Å². The Morgan fingerprint density at radius 2 is 1.95 bits per heavy atom. The van der Waals surface area contributed by atoms with Gasteiger partial charge in [0.25, 0.3) is 0 Å². The van der Waals surface area contributed by atoms with Crippen molar-refractivity contribution in [1.82, 2.24) is 10.6 Å². The molecule has 3 N–H and O–H groups in total. The third kappa shape index (κ3) is 6.04. The van der Waals surface area contributed by atoms with Crippen LogP contribution in [-0.4, -0.2) is 29.7 Å². The number of aryl methyl sites for hydroxylation is 1. The summed E-state index contributed by atoms with van der Waals surface area (Å²) in [5.74, 6) is -1.04. The molecule has 0 radical (unpaired) electrons. The average Bonchev–Trinajstić information content (AvgIpc) is 2.42. The Bertz CT molecular complexity index is 471. The van der Waals surface area contributed by atoms with Gasteiger partial charge in [0.2, 0.25) is 0 Å². The number of amides is 2. The molecule has 1 rings (SSSR count). The first-order chi connectivity index (χ1) is 9.49. The molecule has 0 aromatic heterocycles. The average molecular weight is 276 g/mol. The van der Waals surface area contributed by atoms with Gasteiger partial charge in [-0.3, -0.25) is 0 Å². The minimum Gasteiger partial charge on any atom is -0.480 e. The first-order valence-electron chi connectivity index (χ1n) is 6.44. The number of benzene rings is 1. The lowest BCUT2D eigenvalue weighted by Gasteiger charge is -2.15. The largest absolute Gasteiger partial charge is 0.480 e. The molecule has 1 aromatic carbocycles. The van der Waals surface area contributed by atoms with Crippen molar-refractivity contribution in [3.63, 3.8) is 0 Å². The van der Waals surface area contributed by atoms with Gasteiger partial charge in [0.1, 0.15) is 6.04 Å². The number of hydrogen-bond acceptors (Lipinski definition) is 2. The second-order valence-corrected chi connectivity index (χ2v) is 4.70. The molecule has 0 aliphatic carbocycles. The van der Waals surface area contributed by atoms with Crippen LogP contribution in [0.1, 0.15) is 18.9 Å². The number of urea groups is 1. The van der Waals surface area contributed by atoms with Crippen LogP contribution in [-0.2, 0) is 11.2 Å². The van der Waals surface area contributed by atoms with Crippen LogP contribution >= 0.6 is 0 Å². The van der Waals surface area contributed by atoms with Gasteiger partial charge >= 0.3 is 12.0 Å². The van der Waals surface area contributed by atoms with Crippen LogP contribution in [0.25, 0.3) is 0 Å². The van der Waals surface area contributed by atoms with E-state index >= 15 is 0 Å². The van der Waals surface area contributed by atoms with Crippen molar-refractivity contribution in [2.24, 2.45) is 0 Å². The van der Waals surface area contributed by atoms with Gasteiger partial charge in [-0.25, -0.2) is 9.59 Å². The zero-order chi connectivity index (χ0) is 15.0. The van der Waals surface area contributed by atoms with E-state index in [-0.39, 0.29) is 0 Å². The summed E-state index contributed by atoms with van der Waals surface area (Å²) in [6.45, 7) is 5.77. The van der Waals surface area contributed by atoms with Crippen LogP contribution in [0.2, 0.25) is 0 Å². The number of carbonyl (C=O) groups is 2. The van der Waals surface area contributed by atoms with Crippen molar-refractivity contribution in [2.75, 3.05) is 6.54 Å². The summed E-state index contributed by atoms with van der Waals surface area (Å²) in [6.07, 6.45) is 0.943. The van der Waals surface area contributed by atoms with Crippen LogP contribution in [0, 0.1) is 0 Å². The smallest absolute Gasteiger partial charge is 0.326 e. The van der Waals surface area contributed by atoms with Crippen LogP contribution in [0.5, 0.6) is 0 Å². The van der Waals surface area contributed by atoms with Crippen molar-refractivity contribution in [2.45, 2.75) is 25.8 Å². The number of nitrogens with one attached hydrogen (secondary N) is 2. The highest BCUT2D eigenvalue weighted by molar-refractivity contribution is 5.82. The van der Waals surface area contributed by atoms with E-state index in [1.54, 1.807) is 6.92 Å². The number of aliphatic carboxylic acids is 1. The van der Waals surface area contributed by atoms with E-state index < -0.39 is 18.0 Å². The summed E-state index contributed by atoms with van der Waals surface area (Å²) in [6, 6.07) is 8.17. The molecule has 0 saturated carbocycles. The molecule has 2 amide bonds. The number of carbonyl (C=O) groups excluding carboxylic acids is 1. The van der Waals surface area contributed by atoms with E-state index in [9.17, 15) is 9.59 Å². The number of rotatable bonds is 7. The highest BCUT2D eigenvalue weighted by Gasteiger charge is 2.19. The SMILES string of the molecule is C=C(C)CNC(=O)NC(CCc1ccccc1)C(=O)O. The summed E-state index contributed by atoms with van der Waals surface area (Å²) in [5.41, 5.74) is 1.85. The molecule has 1 aromatic rings. The molecule has 0 bridgehead atoms. The van der Waals surface area contributed by atoms with Crippen LogP contribution in [0.15, 0.2) is 42.5 Å². The minimum absolute atomic E-state index is 0.330. The predicted octanol–water partition coefficient (Wildman–Crippen LogP) is 1.95. The summed E-state index contributed by atoms with van der Waals surface area (Å²) < 4.78 is 0. The second kappa shape index (κ2) is 7.99. The van der Waals surface area contributed by atoms with E-state index in [0.717, 1.165) is 11.1 Å². The van der Waals surface area contributed by atoms with Gasteiger partial charge in [0.15, 0.2) is 0 Å². The van der Waals surface area contributed by atoms with Crippen molar-refractivity contribution in [3.8, 4) is 0 Å². The number of hydrogen-bond donors (Lipinski definition) is 3. The third-order valence-electron chi connectivity index (χ3n) is 2.72. The summed E-state index contributed by atoms with van der Waals surface area (Å²) in [7, 11) is 0. The first-order valence-corrected chi connectivity index (χ1v) is 6.44. The Morgan fingerprint density at radius 3 is 2.50 bits per heavy atom. The molecule has 0 heterocycles. The van der Waals surface area contributed by atoms with Gasteiger partial charge in [-0.15, -0.1) is 0 Å². The van der Waals surface area contributed by atoms with E-state index in [2.05, 4.69) is 17.2 Å². The maximum atomic E-state index is 11.5. The highest BCUT2D eigenvalue weighted by atomic mass is 16.4. The quantitative estimate of drug-likeness (QED) is 0.666. The Labute approximate surface area is 118 Å². The molecule has 5 heteroatoms. The molecular formula is C15H20N2O3. The summed E-state index contributed by atoms with van der Waals surface area (Å²) >= 11 is 0. The predicted molar refractivity (Wildman–Crippen MR) is 77.5 cm³/mol. The molecular weight excluding hydrogens is 256 g/mol. The lowest BCUT2D eigenvalue weighted by atomic mass is 10.1. The Balaban J connectivity index is 2.46. The van der Waals surface area contributed by atoms with E-state index in [4.69, 9.17) is 5.11 Å². The zero-order valence-electron chi connectivity index (χ0n) is 11.6. The number of carboxylic acids is 1. The molecule has 1 atom stereocenters. The van der Waals surface area contributed by atoms with Crippen LogP contribution < -0.4 is 10.6 Å². The van der Waals surface area contributed by atoms with Gasteiger partial charge in [-0.2, -0.15) is 0 Å². The Kier molecular flexibility index (Phi) is 6.29. The van der Waals surface area contributed by atoms with Crippen molar-refractivity contribution < 1.29 is 14.7 Å². The lowest BCUT2D eigenvalue weighted by molar-refractivity contribution is -0.139. The molecule has 20 heavy (non-hydrogen) atoms. The fourth-order valence-corrected chi connectivity index (χ4v) is 1.65. The van der Waals surface area contributed by atoms with Crippen molar-refractivity contribution in [3.05, 3.63) is 48.0 Å². The lowest BCUT2D eigenvalue weighted by Crippen LogP contribution is -2.46. The molecule has 0 spiro atoms. The molecule has 108 valence electrons. The fourth-order valence-electron chi connectivity index (χ4n) is 1.65. The summed E-state index contributed by atoms with van der Waals surface area (Å²) in [4.78, 5) is 22.7. The molecule has 5 nitrogen and oxygen atoms in total. The second-order valence-electron chi connectivity index (χ2n) is 4.70. The third-order valence-corrected chi connectivity index (χ3v) is 2.72. The minimum atomic E-state index is -1.04. The first kappa shape index (κ1) is 15.8. The highest BCUT2D eigenvalue weighted by Crippen LogP contribution is 2.05. The zero-order valence-corrected chi connectivity index (χ0v) is 11.6. The standard InChI is InChI=1S/C15H20N2O3/c1-11(2)10-16-15(20)17-13(14(18)19)9-8-12-6-4-3-5-7-12/h3-7,13H,1,8-10H2,2H3,(H,18,19)(H2,16,17,20). The molecule has 0 fully saturated rings. The van der Waals surface area contributed by atoms with Crippen molar-refractivity contribution in [1.29, 1.82) is 0 Å². The van der Waals surface area contributed by atoms with E-state index in [0.29, 0.717) is 19.4 Å². The Morgan fingerprint density at radius 1 is 1.30 bits per heavy atom. The van der Waals surface area contributed by atoms with E-state index in [1.807, 2.05) is 30.3 Å². The maximum Gasteiger partial charge on any atom is 0.326 e. The topological polar surface area (TPSA) is 78.4 Å². The Hall–Kier alpha value is -2.30. The molecule has 1 unspecified atom stereocenters. The molecule has 0 aliphatic rings. The van der Waals surface area contributed by atoms with Gasteiger partial charge in [0.05, 0.1) is 0 Å². The fraction of sp³-hybridized carbons (Fsp3) is 0.333. The van der Waals surface area contributed by atoms with Crippen molar-refractivity contribution >= 4 is 12.0 Å². The van der Waals surface area contributed by atoms with Gasteiger partial charge in [0, 0.05) is 6.54 Å². The number of carboxylic acid groups (broad SMARTS) is 1.